The topological polar surface area (TPSA) is 83.0 Å². The van der Waals surface area contributed by atoms with Crippen molar-refractivity contribution in [2.45, 2.75) is 38.5 Å². The lowest BCUT2D eigenvalue weighted by Gasteiger charge is -2.34. The summed E-state index contributed by atoms with van der Waals surface area (Å²) in [6, 6.07) is 5.06. The van der Waals surface area contributed by atoms with Crippen LogP contribution in [0.15, 0.2) is 18.2 Å². The van der Waals surface area contributed by atoms with Crippen molar-refractivity contribution in [2.75, 3.05) is 0 Å². The van der Waals surface area contributed by atoms with Gasteiger partial charge in [0.2, 0.25) is 0 Å². The van der Waals surface area contributed by atoms with Crippen LogP contribution in [0.1, 0.15) is 49.3 Å². The number of carbonyl (C=O) groups is 2. The fourth-order valence-electron chi connectivity index (χ4n) is 4.64. The second-order valence-electron chi connectivity index (χ2n) is 7.08. The largest absolute Gasteiger partial charge is 0.478 e. The zero-order valence-corrected chi connectivity index (χ0v) is 12.6. The van der Waals surface area contributed by atoms with Crippen molar-refractivity contribution in [3.05, 3.63) is 29.6 Å². The van der Waals surface area contributed by atoms with E-state index in [-0.39, 0.29) is 16.8 Å². The van der Waals surface area contributed by atoms with Crippen molar-refractivity contribution in [1.82, 2.24) is 9.97 Å². The normalized spacial score (nSPS) is 29.4. The van der Waals surface area contributed by atoms with Crippen molar-refractivity contribution in [3.63, 3.8) is 0 Å². The summed E-state index contributed by atoms with van der Waals surface area (Å²) in [7, 11) is 0. The van der Waals surface area contributed by atoms with E-state index in [0.29, 0.717) is 29.2 Å². The molecule has 2 aromatic rings. The van der Waals surface area contributed by atoms with Crippen molar-refractivity contribution in [2.24, 2.45) is 11.3 Å². The average molecular weight is 298 g/mol. The van der Waals surface area contributed by atoms with E-state index in [1.54, 1.807) is 12.1 Å². The van der Waals surface area contributed by atoms with Crippen molar-refractivity contribution in [1.29, 1.82) is 0 Å². The van der Waals surface area contributed by atoms with E-state index in [1.807, 2.05) is 6.07 Å². The Morgan fingerprint density at radius 2 is 2.18 bits per heavy atom. The number of imidazole rings is 1. The molecule has 0 spiro atoms. The molecule has 0 radical (unpaired) electrons. The third kappa shape index (κ3) is 1.36. The summed E-state index contributed by atoms with van der Waals surface area (Å²) in [5.41, 5.74) is 0.573. The van der Waals surface area contributed by atoms with Crippen LogP contribution in [0.3, 0.4) is 0 Å². The van der Waals surface area contributed by atoms with Crippen LogP contribution in [0, 0.1) is 11.3 Å². The van der Waals surface area contributed by atoms with Crippen LogP contribution < -0.4 is 0 Å². The number of rotatable bonds is 2. The molecule has 2 aliphatic carbocycles. The summed E-state index contributed by atoms with van der Waals surface area (Å²) < 4.78 is 0. The van der Waals surface area contributed by atoms with E-state index in [0.717, 1.165) is 12.8 Å². The monoisotopic (exact) mass is 298 g/mol. The van der Waals surface area contributed by atoms with Gasteiger partial charge in [-0.25, -0.2) is 9.78 Å². The SMILES string of the molecule is CC1(C)C2CCC1(c1nc3c(C(=O)O)cccc3[nH]1)C(=O)C2. The minimum absolute atomic E-state index is 0.138. The van der Waals surface area contributed by atoms with Gasteiger partial charge in [-0.2, -0.15) is 0 Å². The summed E-state index contributed by atoms with van der Waals surface area (Å²) in [6.07, 6.45) is 2.43. The van der Waals surface area contributed by atoms with E-state index < -0.39 is 11.4 Å². The van der Waals surface area contributed by atoms with E-state index in [2.05, 4.69) is 23.8 Å². The number of Topliss-reactive ketones (excluding diaryl/α,β-unsaturated/α-hetero) is 1. The third-order valence-electron chi connectivity index (χ3n) is 6.04. The number of H-pyrrole nitrogens is 1. The van der Waals surface area contributed by atoms with Crippen LogP contribution in [-0.4, -0.2) is 26.8 Å². The Labute approximate surface area is 127 Å². The highest BCUT2D eigenvalue weighted by Crippen LogP contribution is 2.64. The van der Waals surface area contributed by atoms with Crippen LogP contribution in [0.4, 0.5) is 0 Å². The smallest absolute Gasteiger partial charge is 0.337 e. The number of carboxylic acid groups (broad SMARTS) is 1. The van der Waals surface area contributed by atoms with Crippen molar-refractivity contribution in [3.8, 4) is 0 Å². The zero-order chi connectivity index (χ0) is 15.7. The minimum atomic E-state index is -0.998. The number of nitrogens with zero attached hydrogens (tertiary/aromatic N) is 1. The number of hydrogen-bond donors (Lipinski definition) is 2. The number of aromatic amines is 1. The predicted molar refractivity (Wildman–Crippen MR) is 80.9 cm³/mol. The first kappa shape index (κ1) is 13.5. The molecule has 2 atom stereocenters. The summed E-state index contributed by atoms with van der Waals surface area (Å²) in [4.78, 5) is 31.9. The summed E-state index contributed by atoms with van der Waals surface area (Å²) in [5, 5.41) is 9.32. The maximum Gasteiger partial charge on any atom is 0.337 e. The number of nitrogens with one attached hydrogen (secondary N) is 1. The molecule has 5 heteroatoms. The Morgan fingerprint density at radius 1 is 1.41 bits per heavy atom. The van der Waals surface area contributed by atoms with Gasteiger partial charge in [-0.3, -0.25) is 4.79 Å². The summed E-state index contributed by atoms with van der Waals surface area (Å²) in [5.74, 6) is 0.283. The predicted octanol–water partition coefficient (Wildman–Crippen LogP) is 2.91. The number of aromatic carboxylic acids is 1. The first-order valence-corrected chi connectivity index (χ1v) is 7.64. The first-order valence-electron chi connectivity index (χ1n) is 7.64. The number of para-hydroxylation sites is 1. The molecule has 0 aliphatic heterocycles. The number of benzene rings is 1. The van der Waals surface area contributed by atoms with E-state index in [1.165, 1.54) is 0 Å². The fourth-order valence-corrected chi connectivity index (χ4v) is 4.64. The molecule has 1 aromatic heterocycles. The van der Waals surface area contributed by atoms with Crippen LogP contribution in [0.25, 0.3) is 11.0 Å². The fraction of sp³-hybridized carbons (Fsp3) is 0.471. The van der Waals surface area contributed by atoms with Gasteiger partial charge >= 0.3 is 5.97 Å². The van der Waals surface area contributed by atoms with Crippen LogP contribution in [-0.2, 0) is 10.2 Å². The van der Waals surface area contributed by atoms with E-state index in [4.69, 9.17) is 0 Å². The molecule has 2 fully saturated rings. The Kier molecular flexibility index (Phi) is 2.43. The minimum Gasteiger partial charge on any atom is -0.478 e. The molecule has 114 valence electrons. The Hall–Kier alpha value is -2.17. The lowest BCUT2D eigenvalue weighted by Crippen LogP contribution is -2.41. The van der Waals surface area contributed by atoms with Crippen LogP contribution in [0.2, 0.25) is 0 Å². The molecule has 0 saturated heterocycles. The average Bonchev–Trinajstić information content (AvgIpc) is 3.05. The highest BCUT2D eigenvalue weighted by molar-refractivity contribution is 6.02. The molecule has 0 amide bonds. The molecule has 5 nitrogen and oxygen atoms in total. The molecular weight excluding hydrogens is 280 g/mol. The highest BCUT2D eigenvalue weighted by Gasteiger charge is 2.66. The molecular formula is C17H18N2O3. The van der Waals surface area contributed by atoms with E-state index >= 15 is 0 Å². The second kappa shape index (κ2) is 3.97. The molecule has 1 heterocycles. The lowest BCUT2D eigenvalue weighted by atomic mass is 9.68. The summed E-state index contributed by atoms with van der Waals surface area (Å²) in [6.45, 7) is 4.28. The number of carboxylic acids is 1. The van der Waals surface area contributed by atoms with Gasteiger partial charge in [-0.1, -0.05) is 19.9 Å². The van der Waals surface area contributed by atoms with Gasteiger partial charge in [0.15, 0.2) is 0 Å². The number of aromatic nitrogens is 2. The van der Waals surface area contributed by atoms with Crippen LogP contribution >= 0.6 is 0 Å². The maximum absolute atomic E-state index is 12.7. The maximum atomic E-state index is 12.7. The molecule has 2 aliphatic rings. The molecule has 22 heavy (non-hydrogen) atoms. The van der Waals surface area contributed by atoms with Gasteiger partial charge in [-0.15, -0.1) is 0 Å². The van der Waals surface area contributed by atoms with Crippen molar-refractivity contribution >= 4 is 22.8 Å². The molecule has 2 N–H and O–H groups in total. The molecule has 2 unspecified atom stereocenters. The second-order valence-corrected chi connectivity index (χ2v) is 7.08. The number of fused-ring (bicyclic) bond motifs is 3. The number of carbonyl (C=O) groups excluding carboxylic acids is 1. The third-order valence-corrected chi connectivity index (χ3v) is 6.04. The standard InChI is InChI=1S/C17H18N2O3/c1-16(2)9-6-7-17(16,12(20)8-9)15-18-11-5-3-4-10(14(21)22)13(11)19-15/h3-5,9H,6-8H2,1-2H3,(H,18,19)(H,21,22). The zero-order valence-electron chi connectivity index (χ0n) is 12.6. The van der Waals surface area contributed by atoms with Crippen molar-refractivity contribution < 1.29 is 14.7 Å². The quantitative estimate of drug-likeness (QED) is 0.893. The van der Waals surface area contributed by atoms with Crippen LogP contribution in [0.5, 0.6) is 0 Å². The Bertz CT molecular complexity index is 820. The Morgan fingerprint density at radius 3 is 2.77 bits per heavy atom. The van der Waals surface area contributed by atoms with Gasteiger partial charge in [0, 0.05) is 6.42 Å². The van der Waals surface area contributed by atoms with Gasteiger partial charge in [0.25, 0.3) is 0 Å². The Balaban J connectivity index is 1.97. The molecule has 2 bridgehead atoms. The lowest BCUT2D eigenvalue weighted by molar-refractivity contribution is -0.124. The molecule has 4 rings (SSSR count). The highest BCUT2D eigenvalue weighted by atomic mass is 16.4. The molecule has 2 saturated carbocycles. The van der Waals surface area contributed by atoms with Gasteiger partial charge in [-0.05, 0) is 36.3 Å². The molecule has 1 aromatic carbocycles. The van der Waals surface area contributed by atoms with Gasteiger partial charge in [0.05, 0.1) is 16.5 Å². The van der Waals surface area contributed by atoms with E-state index in [9.17, 15) is 14.7 Å². The first-order chi connectivity index (χ1) is 10.4. The number of ketones is 1. The number of hydrogen-bond acceptors (Lipinski definition) is 3. The van der Waals surface area contributed by atoms with Gasteiger partial charge < -0.3 is 10.1 Å². The van der Waals surface area contributed by atoms with Gasteiger partial charge in [0.1, 0.15) is 17.1 Å². The summed E-state index contributed by atoms with van der Waals surface area (Å²) >= 11 is 0.